The Hall–Kier alpha value is -5.61. The van der Waals surface area contributed by atoms with Crippen LogP contribution in [0.2, 0.25) is 0 Å². The third kappa shape index (κ3) is 6.72. The first kappa shape index (κ1) is 31.8. The van der Waals surface area contributed by atoms with Gasteiger partial charge in [0.1, 0.15) is 17.1 Å². The van der Waals surface area contributed by atoms with Crippen LogP contribution in [-0.2, 0) is 24.2 Å². The number of rotatable bonds is 6. The number of fused-ring (bicyclic) bond motifs is 1. The fraction of sp³-hybridized carbons (Fsp3) is 0.133. The van der Waals surface area contributed by atoms with Gasteiger partial charge in [-0.05, 0) is 55.5 Å². The number of aromatic nitrogens is 6. The molecule has 3 heterocycles. The van der Waals surface area contributed by atoms with Crippen LogP contribution in [0.1, 0.15) is 16.1 Å². The van der Waals surface area contributed by atoms with Gasteiger partial charge in [0, 0.05) is 48.6 Å². The monoisotopic (exact) mass is 651 g/mol. The summed E-state index contributed by atoms with van der Waals surface area (Å²) in [5.41, 5.74) is 2.50. The molecule has 0 saturated carbocycles. The minimum Gasteiger partial charge on any atom is -0.454 e. The molecule has 13 nitrogen and oxygen atoms in total. The zero-order chi connectivity index (χ0) is 33.3. The van der Waals surface area contributed by atoms with E-state index in [0.717, 1.165) is 22.5 Å². The summed E-state index contributed by atoms with van der Waals surface area (Å²) in [4.78, 5) is 26.3. The Morgan fingerprint density at radius 2 is 1.72 bits per heavy atom. The zero-order valence-electron chi connectivity index (χ0n) is 24.8. The summed E-state index contributed by atoms with van der Waals surface area (Å²) in [6.45, 7) is 1.62. The fourth-order valence-corrected chi connectivity index (χ4v) is 4.70. The lowest BCUT2D eigenvalue weighted by molar-refractivity contribution is 0.102. The van der Waals surface area contributed by atoms with Crippen LogP contribution in [0.25, 0.3) is 27.7 Å². The average molecular weight is 652 g/mol. The van der Waals surface area contributed by atoms with E-state index in [4.69, 9.17) is 9.29 Å². The molecular formula is C30H27F2N7O6S. The molecule has 0 atom stereocenters. The maximum atomic E-state index is 15.2. The second kappa shape index (κ2) is 12.4. The number of ether oxygens (including phenoxy) is 1. The number of benzene rings is 3. The third-order valence-electron chi connectivity index (χ3n) is 6.92. The molecule has 6 rings (SSSR count). The highest BCUT2D eigenvalue weighted by Crippen LogP contribution is 2.37. The van der Waals surface area contributed by atoms with Crippen molar-refractivity contribution in [1.82, 2.24) is 29.3 Å². The summed E-state index contributed by atoms with van der Waals surface area (Å²) >= 11 is 0. The van der Waals surface area contributed by atoms with Crippen LogP contribution in [0.5, 0.6) is 11.5 Å². The van der Waals surface area contributed by atoms with Crippen LogP contribution in [0.3, 0.4) is 0 Å². The first-order valence-electron chi connectivity index (χ1n) is 13.4. The molecule has 0 aliphatic rings. The zero-order valence-corrected chi connectivity index (χ0v) is 25.6. The Labute approximate surface area is 260 Å². The lowest BCUT2D eigenvalue weighted by Crippen LogP contribution is -2.25. The number of hydrogen-bond acceptors (Lipinski definition) is 7. The van der Waals surface area contributed by atoms with Crippen molar-refractivity contribution in [2.24, 2.45) is 14.1 Å². The number of halogens is 2. The van der Waals surface area contributed by atoms with Crippen molar-refractivity contribution in [3.8, 4) is 28.3 Å². The van der Waals surface area contributed by atoms with Crippen molar-refractivity contribution in [2.75, 3.05) is 11.6 Å². The Bertz CT molecular complexity index is 2230. The van der Waals surface area contributed by atoms with E-state index in [1.165, 1.54) is 45.8 Å². The fourth-order valence-electron chi connectivity index (χ4n) is 4.70. The molecule has 3 aromatic heterocycles. The lowest BCUT2D eigenvalue weighted by Gasteiger charge is -2.13. The number of aryl methyl sites for hydroxylation is 1. The number of H-pyrrole nitrogens is 1. The molecule has 0 saturated heterocycles. The molecule has 238 valence electrons. The molecule has 0 aliphatic carbocycles. The molecule has 0 unspecified atom stereocenters. The van der Waals surface area contributed by atoms with Crippen molar-refractivity contribution in [1.29, 1.82) is 0 Å². The number of nitrogens with one attached hydrogen (secondary N) is 2. The maximum Gasteiger partial charge on any atom is 0.284 e. The normalized spacial score (nSPS) is 11.3. The van der Waals surface area contributed by atoms with Gasteiger partial charge in [0.05, 0.1) is 35.5 Å². The minimum atomic E-state index is -3.67. The van der Waals surface area contributed by atoms with E-state index in [1.807, 2.05) is 13.1 Å². The van der Waals surface area contributed by atoms with Gasteiger partial charge < -0.3 is 10.1 Å². The Balaban J connectivity index is 0.000000775. The van der Waals surface area contributed by atoms with Gasteiger partial charge in [0.15, 0.2) is 11.6 Å². The molecule has 1 amide bonds. The predicted molar refractivity (Wildman–Crippen MR) is 166 cm³/mol. The van der Waals surface area contributed by atoms with Gasteiger partial charge in [-0.15, -0.1) is 0 Å². The lowest BCUT2D eigenvalue weighted by atomic mass is 10.1. The summed E-state index contributed by atoms with van der Waals surface area (Å²) < 4.78 is 65.0. The summed E-state index contributed by atoms with van der Waals surface area (Å²) in [6, 6.07) is 13.0. The topological polar surface area (TPSA) is 166 Å². The highest BCUT2D eigenvalue weighted by Gasteiger charge is 2.23. The smallest absolute Gasteiger partial charge is 0.284 e. The molecule has 6 aromatic rings. The number of nitrogens with zero attached hydrogens (tertiary/aromatic N) is 5. The molecule has 0 fully saturated rings. The Morgan fingerprint density at radius 3 is 2.35 bits per heavy atom. The van der Waals surface area contributed by atoms with E-state index in [2.05, 4.69) is 20.6 Å². The SMILES string of the molecule is CS(=O)(=O)O.Cc1c(C(=O)Nc2ccc(Oc3cc4cnn(C)c4cc3-c3cn[nH]c3)c(F)c2)c(=O)n(-c2ccc(F)cc2)n1C. The minimum absolute atomic E-state index is 0.0643. The van der Waals surface area contributed by atoms with Gasteiger partial charge in [-0.1, -0.05) is 0 Å². The van der Waals surface area contributed by atoms with E-state index >= 15 is 4.39 Å². The van der Waals surface area contributed by atoms with Crippen molar-refractivity contribution in [2.45, 2.75) is 6.92 Å². The molecule has 16 heteroatoms. The predicted octanol–water partition coefficient (Wildman–Crippen LogP) is 4.59. The molecule has 3 aromatic carbocycles. The molecular weight excluding hydrogens is 624 g/mol. The second-order valence-corrected chi connectivity index (χ2v) is 11.6. The van der Waals surface area contributed by atoms with E-state index in [-0.39, 0.29) is 17.0 Å². The van der Waals surface area contributed by atoms with Gasteiger partial charge in [-0.2, -0.15) is 18.6 Å². The van der Waals surface area contributed by atoms with Gasteiger partial charge in [-0.3, -0.25) is 28.6 Å². The van der Waals surface area contributed by atoms with Crippen LogP contribution in [0.4, 0.5) is 14.5 Å². The highest BCUT2D eigenvalue weighted by molar-refractivity contribution is 7.85. The first-order chi connectivity index (χ1) is 21.7. The number of amides is 1. The average Bonchev–Trinajstić information content (AvgIpc) is 3.69. The van der Waals surface area contributed by atoms with E-state index in [9.17, 15) is 22.4 Å². The molecule has 0 radical (unpaired) electrons. The maximum absolute atomic E-state index is 15.2. The van der Waals surface area contributed by atoms with Crippen molar-refractivity contribution in [3.05, 3.63) is 106 Å². The standard InChI is InChI=1S/C29H23F2N7O3.CH4O3S/c1-16-27(29(40)38(37(16)3)21-7-4-19(30)5-8-21)28(39)35-20-6-9-25(23(31)11-20)41-26-10-17-15-34-36(2)24(17)12-22(26)18-13-32-33-14-18;1-5(2,3)4/h4-15H,1-3H3,(H,32,33)(H,35,39);1H3,(H,2,3,4). The Morgan fingerprint density at radius 1 is 1.02 bits per heavy atom. The van der Waals surface area contributed by atoms with Crippen molar-refractivity contribution >= 4 is 32.6 Å². The molecule has 46 heavy (non-hydrogen) atoms. The van der Waals surface area contributed by atoms with E-state index < -0.39 is 33.2 Å². The quantitative estimate of drug-likeness (QED) is 0.220. The van der Waals surface area contributed by atoms with Crippen LogP contribution in [0, 0.1) is 18.6 Å². The first-order valence-corrected chi connectivity index (χ1v) is 15.3. The number of carbonyl (C=O) groups is 1. The van der Waals surface area contributed by atoms with Gasteiger partial charge in [0.25, 0.3) is 21.6 Å². The Kier molecular flexibility index (Phi) is 8.58. The summed E-state index contributed by atoms with van der Waals surface area (Å²) in [6.07, 6.45) is 5.74. The summed E-state index contributed by atoms with van der Waals surface area (Å²) in [5, 5.41) is 14.4. The number of hydrogen-bond donors (Lipinski definition) is 3. The van der Waals surface area contributed by atoms with Gasteiger partial charge in [0.2, 0.25) is 0 Å². The van der Waals surface area contributed by atoms with Crippen LogP contribution in [0.15, 0.2) is 78.0 Å². The summed E-state index contributed by atoms with van der Waals surface area (Å²) in [5.74, 6) is -1.55. The number of aromatic amines is 1. The largest absolute Gasteiger partial charge is 0.454 e. The number of carbonyl (C=O) groups excluding carboxylic acids is 1. The van der Waals surface area contributed by atoms with Gasteiger partial charge in [-0.25, -0.2) is 13.5 Å². The van der Waals surface area contributed by atoms with Gasteiger partial charge >= 0.3 is 0 Å². The highest BCUT2D eigenvalue weighted by atomic mass is 32.2. The van der Waals surface area contributed by atoms with Crippen molar-refractivity contribution in [3.63, 3.8) is 0 Å². The van der Waals surface area contributed by atoms with E-state index in [1.54, 1.807) is 43.3 Å². The van der Waals surface area contributed by atoms with Crippen molar-refractivity contribution < 1.29 is 31.3 Å². The molecule has 0 bridgehead atoms. The number of anilines is 1. The molecule has 0 spiro atoms. The third-order valence-corrected chi connectivity index (χ3v) is 6.92. The summed E-state index contributed by atoms with van der Waals surface area (Å²) in [7, 11) is -0.229. The van der Waals surface area contributed by atoms with Crippen LogP contribution >= 0.6 is 0 Å². The molecule has 0 aliphatic heterocycles. The van der Waals surface area contributed by atoms with Crippen LogP contribution in [-0.4, -0.2) is 54.5 Å². The van der Waals surface area contributed by atoms with Crippen LogP contribution < -0.4 is 15.6 Å². The molecule has 3 N–H and O–H groups in total. The van der Waals surface area contributed by atoms with E-state index in [0.29, 0.717) is 29.0 Å². The second-order valence-electron chi connectivity index (χ2n) is 10.2.